The minimum absolute atomic E-state index is 0. The third-order valence-corrected chi connectivity index (χ3v) is 7.11. The predicted octanol–water partition coefficient (Wildman–Crippen LogP) is 3.01. The topological polar surface area (TPSA) is 91.8 Å². The summed E-state index contributed by atoms with van der Waals surface area (Å²) in [7, 11) is -0.0729. The van der Waals surface area contributed by atoms with E-state index in [0.717, 1.165) is 18.7 Å². The van der Waals surface area contributed by atoms with Crippen LogP contribution in [0.5, 0.6) is 5.75 Å². The molecule has 0 bridgehead atoms. The summed E-state index contributed by atoms with van der Waals surface area (Å²) >= 11 is 1.20. The van der Waals surface area contributed by atoms with Crippen LogP contribution in [0.3, 0.4) is 0 Å². The molecule has 0 aliphatic rings. The molecule has 2 rings (SSSR count). The van der Waals surface area contributed by atoms with Crippen LogP contribution < -0.4 is 20.1 Å². The fraction of sp³-hybridized carbons (Fsp3) is 0.421. The number of nitrogens with zero attached hydrogens (tertiary/aromatic N) is 1. The molecule has 1 aromatic carbocycles. The number of nitrogens with one attached hydrogen (secondary N) is 3. The van der Waals surface area contributed by atoms with Crippen LogP contribution in [0, 0.1) is 0 Å². The molecule has 0 saturated carbocycles. The fourth-order valence-corrected chi connectivity index (χ4v) is 4.65. The molecule has 0 amide bonds. The van der Waals surface area contributed by atoms with Crippen molar-refractivity contribution < 1.29 is 13.2 Å². The van der Waals surface area contributed by atoms with Crippen molar-refractivity contribution in [2.75, 3.05) is 33.8 Å². The summed E-state index contributed by atoms with van der Waals surface area (Å²) in [5.74, 6) is 1.90. The Morgan fingerprint density at radius 2 is 1.83 bits per heavy atom. The van der Waals surface area contributed by atoms with Crippen molar-refractivity contribution in [2.45, 2.75) is 23.5 Å². The van der Waals surface area contributed by atoms with Crippen molar-refractivity contribution in [1.29, 1.82) is 0 Å². The molecule has 162 valence electrons. The number of ether oxygens (including phenoxy) is 1. The number of guanidine groups is 1. The molecule has 0 aliphatic carbocycles. The van der Waals surface area contributed by atoms with Crippen LogP contribution in [0.1, 0.15) is 24.8 Å². The Labute approximate surface area is 194 Å². The van der Waals surface area contributed by atoms with Gasteiger partial charge in [0.2, 0.25) is 10.0 Å². The molecule has 0 fully saturated rings. The Morgan fingerprint density at radius 3 is 2.41 bits per heavy atom. The number of halogens is 1. The van der Waals surface area contributed by atoms with Gasteiger partial charge in [0.25, 0.3) is 0 Å². The summed E-state index contributed by atoms with van der Waals surface area (Å²) < 4.78 is 32.2. The van der Waals surface area contributed by atoms with Crippen molar-refractivity contribution in [3.63, 3.8) is 0 Å². The minimum atomic E-state index is -3.43. The van der Waals surface area contributed by atoms with Crippen LogP contribution in [0.25, 0.3) is 0 Å². The number of methoxy groups -OCH3 is 1. The number of benzene rings is 1. The van der Waals surface area contributed by atoms with E-state index in [-0.39, 0.29) is 30.5 Å². The number of hydrogen-bond acceptors (Lipinski definition) is 5. The van der Waals surface area contributed by atoms with E-state index in [4.69, 9.17) is 4.74 Å². The van der Waals surface area contributed by atoms with Gasteiger partial charge in [0.05, 0.1) is 7.11 Å². The molecule has 10 heteroatoms. The van der Waals surface area contributed by atoms with E-state index < -0.39 is 10.0 Å². The Hall–Kier alpha value is -1.37. The van der Waals surface area contributed by atoms with Gasteiger partial charge in [-0.25, -0.2) is 13.1 Å². The second-order valence-electron chi connectivity index (χ2n) is 6.22. The van der Waals surface area contributed by atoms with Gasteiger partial charge < -0.3 is 15.4 Å². The summed E-state index contributed by atoms with van der Waals surface area (Å²) in [6.45, 7) is 3.66. The van der Waals surface area contributed by atoms with Crippen molar-refractivity contribution >= 4 is 51.3 Å². The smallest absolute Gasteiger partial charge is 0.250 e. The summed E-state index contributed by atoms with van der Waals surface area (Å²) in [5, 5.41) is 8.11. The first-order valence-electron chi connectivity index (χ1n) is 9.08. The number of hydrogen-bond donors (Lipinski definition) is 3. The predicted molar refractivity (Wildman–Crippen MR) is 130 cm³/mol. The molecule has 29 heavy (non-hydrogen) atoms. The molecular formula is C19H29IN4O3S2. The van der Waals surface area contributed by atoms with E-state index in [1.54, 1.807) is 31.7 Å². The average molecular weight is 553 g/mol. The average Bonchev–Trinajstić information content (AvgIpc) is 3.25. The van der Waals surface area contributed by atoms with Crippen molar-refractivity contribution in [3.8, 4) is 5.75 Å². The van der Waals surface area contributed by atoms with Crippen LogP contribution in [0.4, 0.5) is 0 Å². The van der Waals surface area contributed by atoms with E-state index >= 15 is 0 Å². The number of rotatable bonds is 10. The number of sulfonamides is 1. The van der Waals surface area contributed by atoms with Gasteiger partial charge in [-0.05, 0) is 41.5 Å². The van der Waals surface area contributed by atoms with E-state index in [9.17, 15) is 8.42 Å². The Bertz CT molecular complexity index is 841. The zero-order chi connectivity index (χ0) is 20.4. The van der Waals surface area contributed by atoms with Gasteiger partial charge >= 0.3 is 0 Å². The Morgan fingerprint density at radius 1 is 1.14 bits per heavy atom. The van der Waals surface area contributed by atoms with Crippen molar-refractivity contribution in [3.05, 3.63) is 47.3 Å². The lowest BCUT2D eigenvalue weighted by molar-refractivity contribution is 0.414. The van der Waals surface area contributed by atoms with Crippen LogP contribution in [0.15, 0.2) is 51.0 Å². The molecule has 1 heterocycles. The first-order valence-corrected chi connectivity index (χ1v) is 11.4. The molecule has 7 nitrogen and oxygen atoms in total. The van der Waals surface area contributed by atoms with Crippen molar-refractivity contribution in [1.82, 2.24) is 15.4 Å². The first kappa shape index (κ1) is 25.7. The summed E-state index contributed by atoms with van der Waals surface area (Å²) in [6, 6.07) is 11.4. The van der Waals surface area contributed by atoms with E-state index in [0.29, 0.717) is 22.6 Å². The molecule has 3 N–H and O–H groups in total. The van der Waals surface area contributed by atoms with Crippen LogP contribution in [-0.4, -0.2) is 48.2 Å². The minimum Gasteiger partial charge on any atom is -0.497 e. The third-order valence-electron chi connectivity index (χ3n) is 4.25. The lowest BCUT2D eigenvalue weighted by Gasteiger charge is -2.15. The maximum atomic E-state index is 12.0. The van der Waals surface area contributed by atoms with Gasteiger partial charge in [-0.3, -0.25) is 4.99 Å². The third kappa shape index (κ3) is 8.49. The van der Waals surface area contributed by atoms with Gasteiger partial charge in [-0.1, -0.05) is 25.1 Å². The summed E-state index contributed by atoms with van der Waals surface area (Å²) in [5.41, 5.74) is 1.26. The monoisotopic (exact) mass is 552 g/mol. The molecule has 1 aromatic heterocycles. The SMILES string of the molecule is CN=C(NCCNS(=O)(=O)c1cccs1)NCCC(C)c1ccc(OC)cc1.I. The lowest BCUT2D eigenvalue weighted by Crippen LogP contribution is -2.41. The maximum absolute atomic E-state index is 12.0. The molecule has 1 unspecified atom stereocenters. The van der Waals surface area contributed by atoms with Gasteiger partial charge in [-0.2, -0.15) is 0 Å². The molecule has 2 aromatic rings. The standard InChI is InChI=1S/C19H28N4O3S2.HI/c1-15(16-6-8-17(26-3)9-7-16)10-11-21-19(20-2)22-12-13-23-28(24,25)18-5-4-14-27-18;/h4-9,14-15,23H,10-13H2,1-3H3,(H2,20,21,22);1H. The zero-order valence-electron chi connectivity index (χ0n) is 16.8. The molecular weight excluding hydrogens is 523 g/mol. The Kier molecular flexibility index (Phi) is 11.5. The zero-order valence-corrected chi connectivity index (χ0v) is 20.8. The molecule has 0 aliphatic heterocycles. The van der Waals surface area contributed by atoms with E-state index in [2.05, 4.69) is 39.4 Å². The fourth-order valence-electron chi connectivity index (χ4n) is 2.58. The Balaban J connectivity index is 0.00000420. The molecule has 0 radical (unpaired) electrons. The molecule has 0 spiro atoms. The van der Waals surface area contributed by atoms with Gasteiger partial charge in [0, 0.05) is 26.7 Å². The van der Waals surface area contributed by atoms with E-state index in [1.807, 2.05) is 12.1 Å². The second-order valence-corrected chi connectivity index (χ2v) is 9.16. The quantitative estimate of drug-likeness (QED) is 0.183. The van der Waals surface area contributed by atoms with Gasteiger partial charge in [-0.15, -0.1) is 35.3 Å². The maximum Gasteiger partial charge on any atom is 0.250 e. The number of thiophene rings is 1. The second kappa shape index (κ2) is 13.0. The highest BCUT2D eigenvalue weighted by Gasteiger charge is 2.13. The molecule has 1 atom stereocenters. The highest BCUT2D eigenvalue weighted by atomic mass is 127. The largest absolute Gasteiger partial charge is 0.497 e. The van der Waals surface area contributed by atoms with Crippen LogP contribution >= 0.6 is 35.3 Å². The first-order chi connectivity index (χ1) is 13.5. The highest BCUT2D eigenvalue weighted by Crippen LogP contribution is 2.21. The van der Waals surface area contributed by atoms with Gasteiger partial charge in [0.1, 0.15) is 9.96 Å². The van der Waals surface area contributed by atoms with Crippen LogP contribution in [-0.2, 0) is 10.0 Å². The molecule has 0 saturated heterocycles. The summed E-state index contributed by atoms with van der Waals surface area (Å²) in [6.07, 6.45) is 0.942. The lowest BCUT2D eigenvalue weighted by atomic mass is 9.98. The van der Waals surface area contributed by atoms with Crippen molar-refractivity contribution in [2.24, 2.45) is 4.99 Å². The van der Waals surface area contributed by atoms with Crippen LogP contribution in [0.2, 0.25) is 0 Å². The summed E-state index contributed by atoms with van der Waals surface area (Å²) in [4.78, 5) is 4.17. The van der Waals surface area contributed by atoms with E-state index in [1.165, 1.54) is 16.9 Å². The normalized spacial score (nSPS) is 12.7. The van der Waals surface area contributed by atoms with Gasteiger partial charge in [0.15, 0.2) is 5.96 Å². The number of aliphatic imine (C=N–C) groups is 1. The highest BCUT2D eigenvalue weighted by molar-refractivity contribution is 14.0.